The SMILES string of the molecule is CC(C)C1=C(N2CCN(C(=N)C(F)(F)F)C(=N)C2)CC1Cc1cc(F)c(F)cc1F. The van der Waals surface area contributed by atoms with Crippen molar-refractivity contribution in [3.63, 3.8) is 0 Å². The number of amidine groups is 2. The van der Waals surface area contributed by atoms with Gasteiger partial charge in [0.1, 0.15) is 11.7 Å². The van der Waals surface area contributed by atoms with Crippen LogP contribution in [-0.4, -0.2) is 47.3 Å². The molecule has 1 aromatic rings. The number of nitrogens with one attached hydrogen (secondary N) is 2. The summed E-state index contributed by atoms with van der Waals surface area (Å²) in [7, 11) is 0. The minimum atomic E-state index is -4.81. The fourth-order valence-electron chi connectivity index (χ4n) is 4.18. The van der Waals surface area contributed by atoms with Crippen LogP contribution in [0.1, 0.15) is 25.8 Å². The van der Waals surface area contributed by atoms with Gasteiger partial charge in [-0.1, -0.05) is 13.8 Å². The van der Waals surface area contributed by atoms with Crippen molar-refractivity contribution < 1.29 is 26.3 Å². The van der Waals surface area contributed by atoms with Crippen LogP contribution in [0, 0.1) is 40.1 Å². The van der Waals surface area contributed by atoms with Gasteiger partial charge in [0, 0.05) is 24.9 Å². The molecule has 0 amide bonds. The molecule has 1 atom stereocenters. The van der Waals surface area contributed by atoms with E-state index in [0.29, 0.717) is 17.4 Å². The van der Waals surface area contributed by atoms with Gasteiger partial charge in [-0.3, -0.25) is 10.8 Å². The number of rotatable bonds is 4. The lowest BCUT2D eigenvalue weighted by Gasteiger charge is -2.46. The largest absolute Gasteiger partial charge is 0.449 e. The smallest absolute Gasteiger partial charge is 0.366 e. The van der Waals surface area contributed by atoms with Gasteiger partial charge in [-0.15, -0.1) is 0 Å². The molecule has 0 saturated carbocycles. The first-order valence-corrected chi connectivity index (χ1v) is 9.52. The molecule has 0 bridgehead atoms. The van der Waals surface area contributed by atoms with Crippen LogP contribution in [0.15, 0.2) is 23.4 Å². The van der Waals surface area contributed by atoms with Crippen LogP contribution in [0.25, 0.3) is 0 Å². The number of nitrogens with zero attached hydrogens (tertiary/aromatic N) is 2. The van der Waals surface area contributed by atoms with E-state index in [0.717, 1.165) is 17.3 Å². The highest BCUT2D eigenvalue weighted by atomic mass is 19.4. The molecule has 1 heterocycles. The van der Waals surface area contributed by atoms with E-state index in [1.807, 2.05) is 18.7 Å². The van der Waals surface area contributed by atoms with Crippen LogP contribution in [0.3, 0.4) is 0 Å². The van der Waals surface area contributed by atoms with Gasteiger partial charge >= 0.3 is 6.18 Å². The van der Waals surface area contributed by atoms with Gasteiger partial charge in [-0.2, -0.15) is 13.2 Å². The Labute approximate surface area is 170 Å². The summed E-state index contributed by atoms with van der Waals surface area (Å²) in [5, 5.41) is 15.2. The van der Waals surface area contributed by atoms with Crippen molar-refractivity contribution in [2.24, 2.45) is 11.8 Å². The van der Waals surface area contributed by atoms with E-state index < -0.39 is 29.5 Å². The molecule has 0 spiro atoms. The zero-order valence-electron chi connectivity index (χ0n) is 16.5. The van der Waals surface area contributed by atoms with Crippen LogP contribution in [0.2, 0.25) is 0 Å². The van der Waals surface area contributed by atoms with E-state index >= 15 is 0 Å². The lowest BCUT2D eigenvalue weighted by Crippen LogP contribution is -2.56. The number of hydrogen-bond acceptors (Lipinski definition) is 3. The summed E-state index contributed by atoms with van der Waals surface area (Å²) in [6.45, 7) is 3.90. The molecule has 0 aromatic heterocycles. The topological polar surface area (TPSA) is 54.2 Å². The molecule has 1 aliphatic heterocycles. The second-order valence-electron chi connectivity index (χ2n) is 7.89. The molecule has 30 heavy (non-hydrogen) atoms. The molecule has 1 fully saturated rings. The first kappa shape index (κ1) is 22.2. The minimum absolute atomic E-state index is 0.0593. The van der Waals surface area contributed by atoms with Crippen molar-refractivity contribution in [2.75, 3.05) is 19.6 Å². The van der Waals surface area contributed by atoms with Crippen molar-refractivity contribution >= 4 is 11.7 Å². The van der Waals surface area contributed by atoms with Gasteiger partial charge in [0.05, 0.1) is 6.54 Å². The van der Waals surface area contributed by atoms with Crippen LogP contribution in [0.5, 0.6) is 0 Å². The Hall–Kier alpha value is -2.52. The number of alkyl halides is 3. The van der Waals surface area contributed by atoms with Crippen LogP contribution in [-0.2, 0) is 6.42 Å². The fraction of sp³-hybridized carbons (Fsp3) is 0.500. The monoisotopic (exact) mass is 432 g/mol. The summed E-state index contributed by atoms with van der Waals surface area (Å²) in [5.41, 5.74) is 1.94. The lowest BCUT2D eigenvalue weighted by atomic mass is 9.72. The average molecular weight is 432 g/mol. The average Bonchev–Trinajstić information content (AvgIpc) is 2.60. The standard InChI is InChI=1S/C20H22F6N4/c1-10(2)18-12(5-11-6-14(22)15(23)8-13(11)21)7-16(18)29-3-4-30(17(27)9-29)19(28)20(24,25)26/h6,8,10,12,27-28H,3-5,7,9H2,1-2H3. The third kappa shape index (κ3) is 4.17. The summed E-state index contributed by atoms with van der Waals surface area (Å²) in [5.74, 6) is -5.07. The lowest BCUT2D eigenvalue weighted by molar-refractivity contribution is -0.0676. The van der Waals surface area contributed by atoms with Crippen molar-refractivity contribution in [3.8, 4) is 0 Å². The first-order valence-electron chi connectivity index (χ1n) is 9.52. The summed E-state index contributed by atoms with van der Waals surface area (Å²) in [6.07, 6.45) is -4.11. The third-order valence-electron chi connectivity index (χ3n) is 5.57. The zero-order valence-corrected chi connectivity index (χ0v) is 16.5. The molecule has 1 aromatic carbocycles. The van der Waals surface area contributed by atoms with E-state index in [1.165, 1.54) is 0 Å². The number of benzene rings is 1. The Morgan fingerprint density at radius 1 is 1.10 bits per heavy atom. The maximum absolute atomic E-state index is 14.0. The number of piperazine rings is 1. The summed E-state index contributed by atoms with van der Waals surface area (Å²) in [6, 6.07) is 1.39. The molecular formula is C20H22F6N4. The molecule has 0 radical (unpaired) electrons. The predicted octanol–water partition coefficient (Wildman–Crippen LogP) is 4.71. The highest BCUT2D eigenvalue weighted by Crippen LogP contribution is 2.43. The number of halogens is 6. The zero-order chi connectivity index (χ0) is 22.4. The van der Waals surface area contributed by atoms with Gasteiger partial charge in [0.15, 0.2) is 11.6 Å². The Bertz CT molecular complexity index is 905. The maximum atomic E-state index is 14.0. The van der Waals surface area contributed by atoms with Crippen LogP contribution in [0.4, 0.5) is 26.3 Å². The molecule has 10 heteroatoms. The minimum Gasteiger partial charge on any atom is -0.366 e. The van der Waals surface area contributed by atoms with Crippen LogP contribution >= 0.6 is 0 Å². The molecule has 1 unspecified atom stereocenters. The molecule has 164 valence electrons. The van der Waals surface area contributed by atoms with E-state index in [-0.39, 0.29) is 49.3 Å². The normalized spacial score (nSPS) is 20.2. The van der Waals surface area contributed by atoms with Crippen molar-refractivity contribution in [1.29, 1.82) is 10.8 Å². The molecular weight excluding hydrogens is 410 g/mol. The van der Waals surface area contributed by atoms with Gasteiger partial charge in [0.2, 0.25) is 5.84 Å². The maximum Gasteiger partial charge on any atom is 0.449 e. The van der Waals surface area contributed by atoms with E-state index in [1.54, 1.807) is 0 Å². The first-order chi connectivity index (χ1) is 13.9. The Balaban J connectivity index is 1.75. The summed E-state index contributed by atoms with van der Waals surface area (Å²) < 4.78 is 79.0. The van der Waals surface area contributed by atoms with Gasteiger partial charge in [-0.05, 0) is 41.9 Å². The predicted molar refractivity (Wildman–Crippen MR) is 99.8 cm³/mol. The number of allylic oxidation sites excluding steroid dienone is 2. The Kier molecular flexibility index (Phi) is 5.88. The van der Waals surface area contributed by atoms with Crippen molar-refractivity contribution in [3.05, 3.63) is 46.4 Å². The van der Waals surface area contributed by atoms with Gasteiger partial charge < -0.3 is 9.80 Å². The van der Waals surface area contributed by atoms with Gasteiger partial charge in [0.25, 0.3) is 0 Å². The van der Waals surface area contributed by atoms with Crippen molar-refractivity contribution in [1.82, 2.24) is 9.80 Å². The van der Waals surface area contributed by atoms with E-state index in [2.05, 4.69) is 0 Å². The van der Waals surface area contributed by atoms with E-state index in [4.69, 9.17) is 10.8 Å². The quantitative estimate of drug-likeness (QED) is 0.313. The fourth-order valence-corrected chi connectivity index (χ4v) is 4.18. The highest BCUT2D eigenvalue weighted by Gasteiger charge is 2.43. The summed E-state index contributed by atoms with van der Waals surface area (Å²) in [4.78, 5) is 2.47. The molecule has 4 nitrogen and oxygen atoms in total. The third-order valence-corrected chi connectivity index (χ3v) is 5.57. The molecule has 2 aliphatic rings. The molecule has 1 aliphatic carbocycles. The number of hydrogen-bond donors (Lipinski definition) is 2. The van der Waals surface area contributed by atoms with Gasteiger partial charge in [-0.25, -0.2) is 13.2 Å². The second kappa shape index (κ2) is 7.96. The Morgan fingerprint density at radius 3 is 2.30 bits per heavy atom. The molecule has 3 rings (SSSR count). The Morgan fingerprint density at radius 2 is 1.73 bits per heavy atom. The summed E-state index contributed by atoms with van der Waals surface area (Å²) >= 11 is 0. The van der Waals surface area contributed by atoms with Crippen molar-refractivity contribution in [2.45, 2.75) is 32.9 Å². The highest BCUT2D eigenvalue weighted by molar-refractivity contribution is 6.01. The van der Waals surface area contributed by atoms with E-state index in [9.17, 15) is 26.3 Å². The second-order valence-corrected chi connectivity index (χ2v) is 7.89. The van der Waals surface area contributed by atoms with Crippen LogP contribution < -0.4 is 0 Å². The molecule has 1 saturated heterocycles. The molecule has 2 N–H and O–H groups in total.